The third kappa shape index (κ3) is 1.77. The lowest BCUT2D eigenvalue weighted by molar-refractivity contribution is 0.171. The molecule has 3 aromatic rings. The van der Waals surface area contributed by atoms with Crippen LogP contribution in [0, 0.1) is 0 Å². The number of nitrogens with zero attached hydrogens (tertiary/aromatic N) is 2. The number of ether oxygens (including phenoxy) is 2. The molecule has 1 aromatic carbocycles. The summed E-state index contributed by atoms with van der Waals surface area (Å²) in [6, 6.07) is 5.99. The number of aromatic nitrogens is 2. The van der Waals surface area contributed by atoms with Crippen LogP contribution in [-0.4, -0.2) is 22.6 Å². The Kier molecular flexibility index (Phi) is 2.82. The predicted molar refractivity (Wildman–Crippen MR) is 79.1 cm³/mol. The van der Waals surface area contributed by atoms with Gasteiger partial charge in [-0.2, -0.15) is 0 Å². The summed E-state index contributed by atoms with van der Waals surface area (Å²) in [4.78, 5) is 5.31. The normalized spacial score (nSPS) is 13.8. The van der Waals surface area contributed by atoms with Crippen LogP contribution in [0.15, 0.2) is 29.8 Å². The second-order valence-electron chi connectivity index (χ2n) is 4.48. The van der Waals surface area contributed by atoms with Crippen molar-refractivity contribution < 1.29 is 9.47 Å². The van der Waals surface area contributed by atoms with E-state index in [9.17, 15) is 0 Å². The zero-order valence-electron chi connectivity index (χ0n) is 10.5. The number of thiazole rings is 1. The summed E-state index contributed by atoms with van der Waals surface area (Å²) in [6.07, 6.45) is 1.82. The number of fused-ring (bicyclic) bond motifs is 2. The van der Waals surface area contributed by atoms with E-state index in [1.54, 1.807) is 11.3 Å². The van der Waals surface area contributed by atoms with Crippen LogP contribution < -0.4 is 9.47 Å². The molecule has 0 amide bonds. The molecule has 20 heavy (non-hydrogen) atoms. The quantitative estimate of drug-likeness (QED) is 0.679. The second-order valence-corrected chi connectivity index (χ2v) is 5.58. The van der Waals surface area contributed by atoms with Crippen LogP contribution in [-0.2, 0) is 5.88 Å². The monoisotopic (exact) mass is 306 g/mol. The Bertz CT molecular complexity index is 781. The highest BCUT2D eigenvalue weighted by atomic mass is 35.5. The molecular weight excluding hydrogens is 296 g/mol. The maximum atomic E-state index is 5.98. The van der Waals surface area contributed by atoms with Crippen molar-refractivity contribution in [3.63, 3.8) is 0 Å². The van der Waals surface area contributed by atoms with E-state index in [4.69, 9.17) is 21.1 Å². The van der Waals surface area contributed by atoms with Crippen LogP contribution >= 0.6 is 22.9 Å². The number of alkyl halides is 1. The Morgan fingerprint density at radius 3 is 2.95 bits per heavy atom. The van der Waals surface area contributed by atoms with Gasteiger partial charge in [-0.3, -0.25) is 4.40 Å². The van der Waals surface area contributed by atoms with Crippen LogP contribution in [0.2, 0.25) is 0 Å². The molecule has 1 aliphatic rings. The predicted octanol–water partition coefficient (Wildman–Crippen LogP) is 3.57. The Labute approximate surface area is 124 Å². The third-order valence-electron chi connectivity index (χ3n) is 3.29. The molecule has 0 fully saturated rings. The lowest BCUT2D eigenvalue weighted by Crippen LogP contribution is -2.15. The number of imidazole rings is 1. The lowest BCUT2D eigenvalue weighted by Gasteiger charge is -2.18. The first-order valence-corrected chi connectivity index (χ1v) is 7.68. The summed E-state index contributed by atoms with van der Waals surface area (Å²) in [5, 5.41) is 2.09. The Morgan fingerprint density at radius 2 is 2.10 bits per heavy atom. The molecule has 2 aromatic heterocycles. The molecule has 0 N–H and O–H groups in total. The van der Waals surface area contributed by atoms with Gasteiger partial charge in [-0.25, -0.2) is 4.98 Å². The highest BCUT2D eigenvalue weighted by Gasteiger charge is 2.16. The number of hydrogen-bond donors (Lipinski definition) is 0. The standard InChI is InChI=1S/C14H11ClN2O2S/c15-6-10-7-16-14-17(10)11(8-20-14)9-1-2-12-13(5-9)19-4-3-18-12/h1-2,5,7-8H,3-4,6H2. The van der Waals surface area contributed by atoms with E-state index in [1.807, 2.05) is 24.4 Å². The van der Waals surface area contributed by atoms with Gasteiger partial charge in [-0.1, -0.05) is 0 Å². The molecule has 0 saturated carbocycles. The van der Waals surface area contributed by atoms with Gasteiger partial charge in [0, 0.05) is 10.9 Å². The molecule has 1 aliphatic heterocycles. The second kappa shape index (κ2) is 4.68. The molecular formula is C14H11ClN2O2S. The first-order chi connectivity index (χ1) is 9.86. The molecule has 6 heteroatoms. The maximum absolute atomic E-state index is 5.98. The number of hydrogen-bond acceptors (Lipinski definition) is 4. The van der Waals surface area contributed by atoms with Crippen molar-refractivity contribution >= 4 is 27.9 Å². The topological polar surface area (TPSA) is 35.8 Å². The molecule has 102 valence electrons. The zero-order chi connectivity index (χ0) is 13.5. The van der Waals surface area contributed by atoms with Crippen molar-refractivity contribution in [2.75, 3.05) is 13.2 Å². The molecule has 0 spiro atoms. The van der Waals surface area contributed by atoms with Gasteiger partial charge in [0.1, 0.15) is 13.2 Å². The van der Waals surface area contributed by atoms with E-state index in [0.29, 0.717) is 19.1 Å². The average molecular weight is 307 g/mol. The van der Waals surface area contributed by atoms with E-state index < -0.39 is 0 Å². The molecule has 3 heterocycles. The fraction of sp³-hybridized carbons (Fsp3) is 0.214. The van der Waals surface area contributed by atoms with Gasteiger partial charge in [0.15, 0.2) is 16.5 Å². The smallest absolute Gasteiger partial charge is 0.194 e. The fourth-order valence-corrected chi connectivity index (χ4v) is 3.45. The van der Waals surface area contributed by atoms with E-state index in [2.05, 4.69) is 14.8 Å². The summed E-state index contributed by atoms with van der Waals surface area (Å²) in [5.74, 6) is 2.03. The lowest BCUT2D eigenvalue weighted by atomic mass is 10.1. The summed E-state index contributed by atoms with van der Waals surface area (Å²) in [5.41, 5.74) is 3.15. The molecule has 0 radical (unpaired) electrons. The van der Waals surface area contributed by atoms with Gasteiger partial charge >= 0.3 is 0 Å². The number of benzene rings is 1. The van der Waals surface area contributed by atoms with Gasteiger partial charge < -0.3 is 9.47 Å². The molecule has 4 nitrogen and oxygen atoms in total. The zero-order valence-corrected chi connectivity index (χ0v) is 12.1. The molecule has 0 aliphatic carbocycles. The van der Waals surface area contributed by atoms with E-state index >= 15 is 0 Å². The molecule has 0 unspecified atom stereocenters. The molecule has 0 bridgehead atoms. The van der Waals surface area contributed by atoms with Crippen LogP contribution in [0.3, 0.4) is 0 Å². The largest absolute Gasteiger partial charge is 0.486 e. The number of rotatable bonds is 2. The van der Waals surface area contributed by atoms with Crippen LogP contribution in [0.5, 0.6) is 11.5 Å². The van der Waals surface area contributed by atoms with Gasteiger partial charge in [0.25, 0.3) is 0 Å². The minimum absolute atomic E-state index is 0.440. The summed E-state index contributed by atoms with van der Waals surface area (Å²) >= 11 is 7.58. The van der Waals surface area contributed by atoms with Crippen LogP contribution in [0.1, 0.15) is 5.69 Å². The van der Waals surface area contributed by atoms with Crippen molar-refractivity contribution in [1.29, 1.82) is 0 Å². The molecule has 0 saturated heterocycles. The SMILES string of the molecule is ClCc1cnc2scc(-c3ccc4c(c3)OCCO4)n12. The average Bonchev–Trinajstić information content (AvgIpc) is 3.08. The molecule has 0 atom stereocenters. The van der Waals surface area contributed by atoms with Crippen molar-refractivity contribution in [1.82, 2.24) is 9.38 Å². The first-order valence-electron chi connectivity index (χ1n) is 6.26. The third-order valence-corrected chi connectivity index (χ3v) is 4.41. The fourth-order valence-electron chi connectivity index (χ4n) is 2.36. The van der Waals surface area contributed by atoms with Crippen molar-refractivity contribution in [3.8, 4) is 22.8 Å². The van der Waals surface area contributed by atoms with Crippen molar-refractivity contribution in [3.05, 3.63) is 35.5 Å². The van der Waals surface area contributed by atoms with Gasteiger partial charge in [0.2, 0.25) is 0 Å². The molecule has 4 rings (SSSR count). The highest BCUT2D eigenvalue weighted by Crippen LogP contribution is 2.36. The minimum Gasteiger partial charge on any atom is -0.486 e. The van der Waals surface area contributed by atoms with E-state index in [1.165, 1.54) is 0 Å². The Hall–Kier alpha value is -1.72. The number of halogens is 1. The van der Waals surface area contributed by atoms with Crippen molar-refractivity contribution in [2.24, 2.45) is 0 Å². The highest BCUT2D eigenvalue weighted by molar-refractivity contribution is 7.15. The summed E-state index contributed by atoms with van der Waals surface area (Å²) in [6.45, 7) is 1.19. The maximum Gasteiger partial charge on any atom is 0.194 e. The van der Waals surface area contributed by atoms with Gasteiger partial charge in [0.05, 0.1) is 23.5 Å². The van der Waals surface area contributed by atoms with Crippen LogP contribution in [0.25, 0.3) is 16.2 Å². The van der Waals surface area contributed by atoms with E-state index in [0.717, 1.165) is 33.4 Å². The summed E-state index contributed by atoms with van der Waals surface area (Å²) in [7, 11) is 0. The van der Waals surface area contributed by atoms with Gasteiger partial charge in [-0.15, -0.1) is 22.9 Å². The van der Waals surface area contributed by atoms with Crippen molar-refractivity contribution in [2.45, 2.75) is 5.88 Å². The van der Waals surface area contributed by atoms with Gasteiger partial charge in [-0.05, 0) is 18.2 Å². The van der Waals surface area contributed by atoms with E-state index in [-0.39, 0.29) is 0 Å². The Balaban J connectivity index is 1.88. The Morgan fingerprint density at radius 1 is 1.25 bits per heavy atom. The summed E-state index contributed by atoms with van der Waals surface area (Å²) < 4.78 is 13.3. The minimum atomic E-state index is 0.440. The first kappa shape index (κ1) is 12.1. The van der Waals surface area contributed by atoms with Crippen LogP contribution in [0.4, 0.5) is 0 Å².